The van der Waals surface area contributed by atoms with E-state index in [2.05, 4.69) is 40.7 Å². The minimum atomic E-state index is 0.181. The van der Waals surface area contributed by atoms with Gasteiger partial charge in [0, 0.05) is 0 Å². The van der Waals surface area contributed by atoms with Gasteiger partial charge < -0.3 is 4.74 Å². The van der Waals surface area contributed by atoms with Crippen LogP contribution in [0, 0.1) is 11.3 Å². The van der Waals surface area contributed by atoms with Crippen molar-refractivity contribution in [2.45, 2.75) is 91.3 Å². The van der Waals surface area contributed by atoms with Crippen molar-refractivity contribution in [1.29, 1.82) is 0 Å². The van der Waals surface area contributed by atoms with Crippen LogP contribution in [0.15, 0.2) is 22.8 Å². The SMILES string of the molecule is CC(C)=C1CC[C@]2(C)C/C=C(\C)CC[C@@H]3O[C@@]3(C)CC[C@@H]12. The highest BCUT2D eigenvalue weighted by Gasteiger charge is 2.52. The fourth-order valence-electron chi connectivity index (χ4n) is 4.73. The number of allylic oxidation sites excluding steroid dienone is 4. The normalized spacial score (nSPS) is 46.0. The van der Waals surface area contributed by atoms with Gasteiger partial charge in [-0.2, -0.15) is 0 Å². The molecule has 0 unspecified atom stereocenters. The van der Waals surface area contributed by atoms with E-state index < -0.39 is 0 Å². The first-order valence-electron chi connectivity index (χ1n) is 8.84. The first-order valence-corrected chi connectivity index (χ1v) is 8.84. The van der Waals surface area contributed by atoms with E-state index in [0.29, 0.717) is 11.5 Å². The van der Waals surface area contributed by atoms with Gasteiger partial charge in [-0.25, -0.2) is 0 Å². The van der Waals surface area contributed by atoms with Crippen LogP contribution >= 0.6 is 0 Å². The highest BCUT2D eigenvalue weighted by molar-refractivity contribution is 5.23. The van der Waals surface area contributed by atoms with E-state index in [9.17, 15) is 0 Å². The summed E-state index contributed by atoms with van der Waals surface area (Å²) in [4.78, 5) is 0. The van der Waals surface area contributed by atoms with Gasteiger partial charge in [0.2, 0.25) is 0 Å². The Hall–Kier alpha value is -0.560. The topological polar surface area (TPSA) is 12.5 Å². The molecule has 0 amide bonds. The Morgan fingerprint density at radius 3 is 2.62 bits per heavy atom. The molecule has 0 aromatic heterocycles. The van der Waals surface area contributed by atoms with Crippen LogP contribution in [-0.4, -0.2) is 11.7 Å². The molecule has 1 heteroatoms. The van der Waals surface area contributed by atoms with Crippen molar-refractivity contribution in [3.63, 3.8) is 0 Å². The number of hydrogen-bond donors (Lipinski definition) is 0. The van der Waals surface area contributed by atoms with Gasteiger partial charge in [-0.05, 0) is 84.0 Å². The van der Waals surface area contributed by atoms with E-state index in [1.807, 2.05) is 0 Å². The maximum atomic E-state index is 6.06. The van der Waals surface area contributed by atoms with Gasteiger partial charge in [0.05, 0.1) is 11.7 Å². The second-order valence-electron chi connectivity index (χ2n) is 8.48. The minimum absolute atomic E-state index is 0.181. The molecule has 0 bridgehead atoms. The average molecular weight is 288 g/mol. The van der Waals surface area contributed by atoms with E-state index in [0.717, 1.165) is 5.92 Å². The predicted octanol–water partition coefficient (Wildman–Crippen LogP) is 5.81. The monoisotopic (exact) mass is 288 g/mol. The molecule has 3 aliphatic rings. The predicted molar refractivity (Wildman–Crippen MR) is 89.3 cm³/mol. The summed E-state index contributed by atoms with van der Waals surface area (Å²) in [6.07, 6.45) is 12.0. The van der Waals surface area contributed by atoms with Gasteiger partial charge in [-0.15, -0.1) is 0 Å². The zero-order chi connectivity index (χ0) is 15.3. The Labute approximate surface area is 130 Å². The average Bonchev–Trinajstić information content (AvgIpc) is 2.94. The molecule has 21 heavy (non-hydrogen) atoms. The summed E-state index contributed by atoms with van der Waals surface area (Å²) in [5.41, 5.74) is 5.54. The van der Waals surface area contributed by atoms with Crippen LogP contribution in [0.5, 0.6) is 0 Å². The molecule has 1 heterocycles. The Bertz CT molecular complexity index is 482. The lowest BCUT2D eigenvalue weighted by Crippen LogP contribution is -2.24. The van der Waals surface area contributed by atoms with E-state index in [1.54, 1.807) is 16.7 Å². The third-order valence-electron chi connectivity index (χ3n) is 6.55. The van der Waals surface area contributed by atoms with Crippen LogP contribution in [0.3, 0.4) is 0 Å². The molecule has 0 aromatic rings. The van der Waals surface area contributed by atoms with Crippen molar-refractivity contribution >= 4 is 0 Å². The Balaban J connectivity index is 1.89. The molecule has 0 spiro atoms. The highest BCUT2D eigenvalue weighted by Crippen LogP contribution is 2.55. The van der Waals surface area contributed by atoms with Crippen LogP contribution in [0.2, 0.25) is 0 Å². The first kappa shape index (κ1) is 15.3. The lowest BCUT2D eigenvalue weighted by atomic mass is 9.72. The smallest absolute Gasteiger partial charge is 0.0920 e. The zero-order valence-electron chi connectivity index (χ0n) is 14.6. The molecule has 3 rings (SSSR count). The molecule has 1 saturated carbocycles. The summed E-state index contributed by atoms with van der Waals surface area (Å²) in [5, 5.41) is 0. The fraction of sp³-hybridized carbons (Fsp3) is 0.800. The maximum absolute atomic E-state index is 6.06. The standard InChI is InChI=1S/C20H32O/c1-14(2)16-9-12-19(4)11-8-15(3)6-7-18-20(5,21-18)13-10-17(16)19/h8,17-18H,6-7,9-13H2,1-5H3/b15-8+/t17-,18-,19-,20-/m0/s1. The quantitative estimate of drug-likeness (QED) is 0.405. The van der Waals surface area contributed by atoms with Crippen LogP contribution in [-0.2, 0) is 4.74 Å². The Morgan fingerprint density at radius 2 is 1.90 bits per heavy atom. The lowest BCUT2D eigenvalue weighted by Gasteiger charge is -2.32. The minimum Gasteiger partial charge on any atom is -0.366 e. The maximum Gasteiger partial charge on any atom is 0.0920 e. The highest BCUT2D eigenvalue weighted by atomic mass is 16.6. The number of ether oxygens (including phenoxy) is 1. The number of fused-ring (bicyclic) bond motifs is 2. The molecule has 118 valence electrons. The number of rotatable bonds is 0. The number of hydrogen-bond acceptors (Lipinski definition) is 1. The summed E-state index contributed by atoms with van der Waals surface area (Å²) >= 11 is 0. The van der Waals surface area contributed by atoms with Crippen molar-refractivity contribution in [2.75, 3.05) is 0 Å². The third-order valence-corrected chi connectivity index (χ3v) is 6.55. The van der Waals surface area contributed by atoms with Gasteiger partial charge >= 0.3 is 0 Å². The molecule has 4 atom stereocenters. The Kier molecular flexibility index (Phi) is 3.84. The van der Waals surface area contributed by atoms with Crippen LogP contribution < -0.4 is 0 Å². The van der Waals surface area contributed by atoms with Crippen molar-refractivity contribution in [3.05, 3.63) is 22.8 Å². The summed E-state index contributed by atoms with van der Waals surface area (Å²) in [7, 11) is 0. The van der Waals surface area contributed by atoms with Crippen molar-refractivity contribution in [2.24, 2.45) is 11.3 Å². The fourth-order valence-corrected chi connectivity index (χ4v) is 4.73. The third kappa shape index (κ3) is 2.86. The van der Waals surface area contributed by atoms with Crippen molar-refractivity contribution in [1.82, 2.24) is 0 Å². The van der Waals surface area contributed by atoms with Gasteiger partial charge in [0.15, 0.2) is 0 Å². The van der Waals surface area contributed by atoms with Gasteiger partial charge in [-0.3, -0.25) is 0 Å². The molecule has 0 N–H and O–H groups in total. The first-order chi connectivity index (χ1) is 9.84. The molecule has 0 aromatic carbocycles. The second-order valence-corrected chi connectivity index (χ2v) is 8.48. The molecule has 2 aliphatic carbocycles. The van der Waals surface area contributed by atoms with Crippen LogP contribution in [0.1, 0.15) is 79.6 Å². The molecular weight excluding hydrogens is 256 g/mol. The molecule has 1 aliphatic heterocycles. The van der Waals surface area contributed by atoms with Crippen molar-refractivity contribution < 1.29 is 4.74 Å². The molecule has 1 nitrogen and oxygen atoms in total. The molecular formula is C20H32O. The van der Waals surface area contributed by atoms with E-state index in [-0.39, 0.29) is 5.60 Å². The lowest BCUT2D eigenvalue weighted by molar-refractivity contribution is 0.211. The van der Waals surface area contributed by atoms with Crippen LogP contribution in [0.25, 0.3) is 0 Å². The summed E-state index contributed by atoms with van der Waals surface area (Å²) in [6.45, 7) is 11.8. The molecule has 0 radical (unpaired) electrons. The van der Waals surface area contributed by atoms with Gasteiger partial charge in [0.25, 0.3) is 0 Å². The van der Waals surface area contributed by atoms with E-state index in [1.165, 1.54) is 44.9 Å². The van der Waals surface area contributed by atoms with Crippen molar-refractivity contribution in [3.8, 4) is 0 Å². The summed E-state index contributed by atoms with van der Waals surface area (Å²) in [5.74, 6) is 0.770. The largest absolute Gasteiger partial charge is 0.366 e. The second kappa shape index (κ2) is 5.26. The van der Waals surface area contributed by atoms with E-state index >= 15 is 0 Å². The molecule has 1 saturated heterocycles. The van der Waals surface area contributed by atoms with Gasteiger partial charge in [0.1, 0.15) is 0 Å². The number of epoxide rings is 1. The Morgan fingerprint density at radius 1 is 1.14 bits per heavy atom. The summed E-state index contributed by atoms with van der Waals surface area (Å²) in [6, 6.07) is 0. The van der Waals surface area contributed by atoms with Gasteiger partial charge in [-0.1, -0.05) is 29.7 Å². The zero-order valence-corrected chi connectivity index (χ0v) is 14.6. The summed E-state index contributed by atoms with van der Waals surface area (Å²) < 4.78 is 6.06. The molecule has 2 fully saturated rings. The van der Waals surface area contributed by atoms with Crippen LogP contribution in [0.4, 0.5) is 0 Å². The van der Waals surface area contributed by atoms with E-state index in [4.69, 9.17) is 4.74 Å².